The zero-order valence-corrected chi connectivity index (χ0v) is 15.1. The van der Waals surface area contributed by atoms with Crippen LogP contribution in [0.3, 0.4) is 0 Å². The molecule has 2 amide bonds. The van der Waals surface area contributed by atoms with Crippen molar-refractivity contribution < 1.29 is 22.7 Å². The summed E-state index contributed by atoms with van der Waals surface area (Å²) in [6.07, 6.45) is -1.64. The van der Waals surface area contributed by atoms with Crippen molar-refractivity contribution >= 4 is 6.03 Å². The van der Waals surface area contributed by atoms with E-state index in [0.29, 0.717) is 32.8 Å². The van der Waals surface area contributed by atoms with Crippen LogP contribution in [0.2, 0.25) is 0 Å². The van der Waals surface area contributed by atoms with Crippen LogP contribution in [-0.4, -0.2) is 59.2 Å². The van der Waals surface area contributed by atoms with E-state index in [-0.39, 0.29) is 17.6 Å². The Kier molecular flexibility index (Phi) is 5.14. The summed E-state index contributed by atoms with van der Waals surface area (Å²) < 4.78 is 43.5. The average Bonchev–Trinajstić information content (AvgIpc) is 2.60. The molecule has 144 valence electrons. The van der Waals surface area contributed by atoms with E-state index in [9.17, 15) is 18.0 Å². The predicted molar refractivity (Wildman–Crippen MR) is 89.8 cm³/mol. The molecule has 0 atom stereocenters. The van der Waals surface area contributed by atoms with Gasteiger partial charge in [-0.2, -0.15) is 13.2 Å². The number of nitrogens with zero attached hydrogens (tertiary/aromatic N) is 3. The highest BCUT2D eigenvalue weighted by Crippen LogP contribution is 2.31. The molecule has 0 saturated carbocycles. The first-order valence-electron chi connectivity index (χ1n) is 8.87. The van der Waals surface area contributed by atoms with Gasteiger partial charge in [0.25, 0.3) is 0 Å². The van der Waals surface area contributed by atoms with Gasteiger partial charge in [-0.05, 0) is 44.2 Å². The summed E-state index contributed by atoms with van der Waals surface area (Å²) in [7, 11) is 0. The predicted octanol–water partition coefficient (Wildman–Crippen LogP) is 3.51. The Morgan fingerprint density at radius 3 is 2.42 bits per heavy atom. The molecule has 0 radical (unpaired) electrons. The highest BCUT2D eigenvalue weighted by atomic mass is 19.4. The molecular formula is C18H24F3N3O2. The van der Waals surface area contributed by atoms with Gasteiger partial charge in [-0.3, -0.25) is 4.98 Å². The summed E-state index contributed by atoms with van der Waals surface area (Å²) in [5.74, 6) is 0.134. The number of ether oxygens (including phenoxy) is 1. The number of rotatable bonds is 1. The largest absolute Gasteiger partial charge is 0.433 e. The quantitative estimate of drug-likeness (QED) is 0.759. The van der Waals surface area contributed by atoms with Crippen LogP contribution in [0.4, 0.5) is 18.0 Å². The molecular weight excluding hydrogens is 347 g/mol. The van der Waals surface area contributed by atoms with Crippen molar-refractivity contribution in [3.63, 3.8) is 0 Å². The van der Waals surface area contributed by atoms with E-state index in [0.717, 1.165) is 24.5 Å². The second-order valence-electron chi connectivity index (χ2n) is 7.55. The van der Waals surface area contributed by atoms with Gasteiger partial charge in [-0.1, -0.05) is 6.07 Å². The van der Waals surface area contributed by atoms with E-state index >= 15 is 0 Å². The van der Waals surface area contributed by atoms with E-state index in [1.54, 1.807) is 0 Å². The van der Waals surface area contributed by atoms with Gasteiger partial charge in [-0.15, -0.1) is 0 Å². The lowest BCUT2D eigenvalue weighted by Crippen LogP contribution is -2.55. The Morgan fingerprint density at radius 2 is 1.88 bits per heavy atom. The molecule has 1 aromatic rings. The second kappa shape index (κ2) is 7.06. The molecule has 2 saturated heterocycles. The van der Waals surface area contributed by atoms with E-state index in [1.807, 2.05) is 23.6 Å². The number of alkyl halides is 3. The first-order valence-corrected chi connectivity index (χ1v) is 8.87. The number of amides is 2. The molecule has 26 heavy (non-hydrogen) atoms. The number of hydrogen-bond acceptors (Lipinski definition) is 3. The van der Waals surface area contributed by atoms with Gasteiger partial charge >= 0.3 is 12.2 Å². The Balaban J connectivity index is 1.56. The molecule has 2 fully saturated rings. The standard InChI is InChI=1S/C18H24F3N3O2/c1-17(2)12-24(9-10-26-17)16(25)23-7-5-13(6-8-23)14-3-4-15(22-11-14)18(19,20)21/h3-4,11,13H,5-10,12H2,1-2H3. The minimum atomic E-state index is -4.42. The van der Waals surface area contributed by atoms with Crippen LogP contribution in [0, 0.1) is 0 Å². The van der Waals surface area contributed by atoms with Gasteiger partial charge in [0.1, 0.15) is 5.69 Å². The summed E-state index contributed by atoms with van der Waals surface area (Å²) in [6, 6.07) is 2.55. The summed E-state index contributed by atoms with van der Waals surface area (Å²) >= 11 is 0. The number of halogens is 3. The van der Waals surface area contributed by atoms with Crippen LogP contribution in [0.5, 0.6) is 0 Å². The van der Waals surface area contributed by atoms with Crippen LogP contribution in [-0.2, 0) is 10.9 Å². The van der Waals surface area contributed by atoms with Crippen LogP contribution < -0.4 is 0 Å². The Bertz CT molecular complexity index is 638. The number of pyridine rings is 1. The molecule has 3 rings (SSSR count). The average molecular weight is 371 g/mol. The summed E-state index contributed by atoms with van der Waals surface area (Å²) in [6.45, 7) is 6.82. The van der Waals surface area contributed by atoms with Crippen molar-refractivity contribution in [1.29, 1.82) is 0 Å². The molecule has 2 aliphatic rings. The number of piperidine rings is 1. The lowest BCUT2D eigenvalue weighted by molar-refractivity contribution is -0.141. The number of hydrogen-bond donors (Lipinski definition) is 0. The maximum atomic E-state index is 12.7. The lowest BCUT2D eigenvalue weighted by Gasteiger charge is -2.42. The highest BCUT2D eigenvalue weighted by Gasteiger charge is 2.35. The smallest absolute Gasteiger partial charge is 0.372 e. The summed E-state index contributed by atoms with van der Waals surface area (Å²) in [5.41, 5.74) is -0.403. The fourth-order valence-electron chi connectivity index (χ4n) is 3.60. The minimum Gasteiger partial charge on any atom is -0.372 e. The maximum Gasteiger partial charge on any atom is 0.433 e. The Labute approximate surface area is 151 Å². The summed E-state index contributed by atoms with van der Waals surface area (Å²) in [5, 5.41) is 0. The molecule has 0 aliphatic carbocycles. The second-order valence-corrected chi connectivity index (χ2v) is 7.55. The number of carbonyl (C=O) groups is 1. The third-order valence-corrected chi connectivity index (χ3v) is 5.01. The molecule has 2 aliphatic heterocycles. The normalized spacial score (nSPS) is 21.7. The first kappa shape index (κ1) is 18.9. The third-order valence-electron chi connectivity index (χ3n) is 5.01. The molecule has 0 spiro atoms. The van der Waals surface area contributed by atoms with Gasteiger partial charge in [0.05, 0.1) is 18.8 Å². The van der Waals surface area contributed by atoms with Crippen molar-refractivity contribution in [3.05, 3.63) is 29.6 Å². The fraction of sp³-hybridized carbons (Fsp3) is 0.667. The van der Waals surface area contributed by atoms with Gasteiger partial charge in [-0.25, -0.2) is 4.79 Å². The summed E-state index contributed by atoms with van der Waals surface area (Å²) in [4.78, 5) is 19.9. The van der Waals surface area contributed by atoms with Crippen LogP contribution in [0.15, 0.2) is 18.3 Å². The highest BCUT2D eigenvalue weighted by molar-refractivity contribution is 5.74. The monoisotopic (exact) mass is 371 g/mol. The maximum absolute atomic E-state index is 12.7. The van der Waals surface area contributed by atoms with Crippen molar-refractivity contribution in [2.24, 2.45) is 0 Å². The van der Waals surface area contributed by atoms with E-state index < -0.39 is 11.9 Å². The van der Waals surface area contributed by atoms with Gasteiger partial charge in [0.15, 0.2) is 0 Å². The van der Waals surface area contributed by atoms with Crippen molar-refractivity contribution in [1.82, 2.24) is 14.8 Å². The number of carbonyl (C=O) groups excluding carboxylic acids is 1. The van der Waals surface area contributed by atoms with E-state index in [1.165, 1.54) is 12.3 Å². The van der Waals surface area contributed by atoms with E-state index in [2.05, 4.69) is 4.98 Å². The van der Waals surface area contributed by atoms with Crippen LogP contribution >= 0.6 is 0 Å². The van der Waals surface area contributed by atoms with Crippen LogP contribution in [0.25, 0.3) is 0 Å². The molecule has 5 nitrogen and oxygen atoms in total. The topological polar surface area (TPSA) is 45.7 Å². The zero-order chi connectivity index (χ0) is 18.9. The fourth-order valence-corrected chi connectivity index (χ4v) is 3.60. The lowest BCUT2D eigenvalue weighted by atomic mass is 9.90. The zero-order valence-electron chi connectivity index (χ0n) is 15.1. The van der Waals surface area contributed by atoms with Gasteiger partial charge < -0.3 is 14.5 Å². The van der Waals surface area contributed by atoms with Crippen molar-refractivity contribution in [3.8, 4) is 0 Å². The first-order chi connectivity index (χ1) is 12.2. The van der Waals surface area contributed by atoms with Crippen LogP contribution in [0.1, 0.15) is 43.9 Å². The molecule has 0 N–H and O–H groups in total. The SMILES string of the molecule is CC1(C)CN(C(=O)N2CCC(c3ccc(C(F)(F)F)nc3)CC2)CCO1. The molecule has 3 heterocycles. The molecule has 0 bridgehead atoms. The Hall–Kier alpha value is -1.83. The molecule has 0 unspecified atom stereocenters. The number of urea groups is 1. The number of morpholine rings is 1. The molecule has 8 heteroatoms. The van der Waals surface area contributed by atoms with Crippen molar-refractivity contribution in [2.45, 2.75) is 44.4 Å². The van der Waals surface area contributed by atoms with Crippen molar-refractivity contribution in [2.75, 3.05) is 32.8 Å². The third kappa shape index (κ3) is 4.28. The van der Waals surface area contributed by atoms with Gasteiger partial charge in [0.2, 0.25) is 0 Å². The van der Waals surface area contributed by atoms with Gasteiger partial charge in [0, 0.05) is 25.8 Å². The minimum absolute atomic E-state index is 0.0189. The number of likely N-dealkylation sites (tertiary alicyclic amines) is 1. The molecule has 0 aromatic carbocycles. The number of aromatic nitrogens is 1. The molecule has 1 aromatic heterocycles. The Morgan fingerprint density at radius 1 is 1.19 bits per heavy atom. The van der Waals surface area contributed by atoms with E-state index in [4.69, 9.17) is 4.74 Å².